The van der Waals surface area contributed by atoms with Crippen molar-refractivity contribution in [2.24, 2.45) is 0 Å². The second-order valence-corrected chi connectivity index (χ2v) is 5.30. The Bertz CT molecular complexity index is 418. The fraction of sp³-hybridized carbons (Fsp3) is 0.462. The van der Waals surface area contributed by atoms with E-state index in [1.165, 1.54) is 17.6 Å². The standard InChI is InChI=1S/C13H16O3S/c1-16-13(15)7-9-3-2-4-12-11(9)6-5-10(8-14)17-12/h5,7,14H,2-4,6,8H2,1H3. The predicted molar refractivity (Wildman–Crippen MR) is 68.4 cm³/mol. The van der Waals surface area contributed by atoms with E-state index in [4.69, 9.17) is 5.11 Å². The summed E-state index contributed by atoms with van der Waals surface area (Å²) in [7, 11) is 1.40. The fourth-order valence-electron chi connectivity index (χ4n) is 2.15. The predicted octanol–water partition coefficient (Wildman–Crippen LogP) is 2.54. The third-order valence-electron chi connectivity index (χ3n) is 3.01. The summed E-state index contributed by atoms with van der Waals surface area (Å²) in [4.78, 5) is 13.6. The number of aliphatic hydroxyl groups excluding tert-OH is 1. The molecule has 2 rings (SSSR count). The summed E-state index contributed by atoms with van der Waals surface area (Å²) < 4.78 is 4.67. The molecule has 3 nitrogen and oxygen atoms in total. The highest BCUT2D eigenvalue weighted by atomic mass is 32.2. The minimum atomic E-state index is -0.282. The number of aliphatic hydroxyl groups is 1. The van der Waals surface area contributed by atoms with Gasteiger partial charge in [-0.05, 0) is 41.7 Å². The summed E-state index contributed by atoms with van der Waals surface area (Å²) in [5, 5.41) is 9.13. The summed E-state index contributed by atoms with van der Waals surface area (Å²) in [6, 6.07) is 0. The van der Waals surface area contributed by atoms with Gasteiger partial charge in [0.05, 0.1) is 13.7 Å². The average molecular weight is 252 g/mol. The first-order chi connectivity index (χ1) is 8.24. The van der Waals surface area contributed by atoms with Crippen LogP contribution in [0.4, 0.5) is 0 Å². The number of hydrogen-bond acceptors (Lipinski definition) is 4. The van der Waals surface area contributed by atoms with Gasteiger partial charge in [0.1, 0.15) is 0 Å². The van der Waals surface area contributed by atoms with Gasteiger partial charge in [0.25, 0.3) is 0 Å². The Balaban J connectivity index is 2.22. The van der Waals surface area contributed by atoms with E-state index >= 15 is 0 Å². The Morgan fingerprint density at radius 3 is 3.12 bits per heavy atom. The quantitative estimate of drug-likeness (QED) is 0.606. The highest BCUT2D eigenvalue weighted by Crippen LogP contribution is 2.44. The number of carbonyl (C=O) groups excluding carboxylic acids is 1. The molecule has 0 radical (unpaired) electrons. The molecule has 0 aromatic rings. The molecule has 17 heavy (non-hydrogen) atoms. The zero-order chi connectivity index (χ0) is 12.3. The maximum atomic E-state index is 11.3. The molecule has 0 amide bonds. The summed E-state index contributed by atoms with van der Waals surface area (Å²) in [6.07, 6.45) is 7.52. The molecule has 92 valence electrons. The zero-order valence-corrected chi connectivity index (χ0v) is 10.7. The second kappa shape index (κ2) is 5.56. The first-order valence-electron chi connectivity index (χ1n) is 5.73. The number of methoxy groups -OCH3 is 1. The van der Waals surface area contributed by atoms with Crippen LogP contribution in [0.15, 0.2) is 33.1 Å². The molecule has 0 aromatic heterocycles. The molecule has 0 unspecified atom stereocenters. The number of thioether (sulfide) groups is 1. The van der Waals surface area contributed by atoms with E-state index in [-0.39, 0.29) is 12.6 Å². The van der Waals surface area contributed by atoms with E-state index in [1.807, 2.05) is 6.08 Å². The summed E-state index contributed by atoms with van der Waals surface area (Å²) in [5.74, 6) is -0.282. The molecule has 0 spiro atoms. The van der Waals surface area contributed by atoms with E-state index in [2.05, 4.69) is 4.74 Å². The van der Waals surface area contributed by atoms with E-state index in [0.717, 1.165) is 36.2 Å². The number of rotatable bonds is 2. The van der Waals surface area contributed by atoms with Crippen LogP contribution >= 0.6 is 11.8 Å². The third kappa shape index (κ3) is 2.82. The van der Waals surface area contributed by atoms with Gasteiger partial charge in [0, 0.05) is 11.0 Å². The number of esters is 1. The molecule has 0 atom stereocenters. The van der Waals surface area contributed by atoms with Gasteiger partial charge < -0.3 is 9.84 Å². The van der Waals surface area contributed by atoms with Crippen molar-refractivity contribution in [3.05, 3.63) is 33.1 Å². The van der Waals surface area contributed by atoms with Crippen LogP contribution in [0, 0.1) is 0 Å². The van der Waals surface area contributed by atoms with Gasteiger partial charge in [-0.15, -0.1) is 0 Å². The van der Waals surface area contributed by atoms with E-state index in [1.54, 1.807) is 17.8 Å². The molecule has 2 aliphatic rings. The number of allylic oxidation sites excluding steroid dienone is 4. The monoisotopic (exact) mass is 252 g/mol. The smallest absolute Gasteiger partial charge is 0.330 e. The second-order valence-electron chi connectivity index (χ2n) is 4.08. The SMILES string of the molecule is COC(=O)C=C1CCCC2=C1CC=C(CO)S2. The Morgan fingerprint density at radius 2 is 2.41 bits per heavy atom. The molecule has 0 aromatic carbocycles. The number of hydrogen-bond donors (Lipinski definition) is 1. The summed E-state index contributed by atoms with van der Waals surface area (Å²) >= 11 is 1.65. The van der Waals surface area contributed by atoms with Crippen LogP contribution in [0.5, 0.6) is 0 Å². The van der Waals surface area contributed by atoms with Crippen molar-refractivity contribution in [2.45, 2.75) is 25.7 Å². The molecule has 0 fully saturated rings. The first kappa shape index (κ1) is 12.5. The van der Waals surface area contributed by atoms with Gasteiger partial charge in [-0.25, -0.2) is 4.79 Å². The topological polar surface area (TPSA) is 46.5 Å². The van der Waals surface area contributed by atoms with E-state index in [9.17, 15) is 4.79 Å². The van der Waals surface area contributed by atoms with Crippen molar-refractivity contribution in [1.82, 2.24) is 0 Å². The minimum absolute atomic E-state index is 0.109. The van der Waals surface area contributed by atoms with Crippen LogP contribution < -0.4 is 0 Å². The molecular weight excluding hydrogens is 236 g/mol. The molecule has 4 heteroatoms. The lowest BCUT2D eigenvalue weighted by atomic mass is 9.90. The lowest BCUT2D eigenvalue weighted by Crippen LogP contribution is -2.08. The van der Waals surface area contributed by atoms with Crippen LogP contribution in [-0.2, 0) is 9.53 Å². The first-order valence-corrected chi connectivity index (χ1v) is 6.55. The van der Waals surface area contributed by atoms with Crippen molar-refractivity contribution >= 4 is 17.7 Å². The maximum Gasteiger partial charge on any atom is 0.330 e. The Labute approximate surface area is 105 Å². The van der Waals surface area contributed by atoms with Crippen molar-refractivity contribution in [2.75, 3.05) is 13.7 Å². The molecular formula is C13H16O3S. The molecule has 1 N–H and O–H groups in total. The van der Waals surface area contributed by atoms with E-state index < -0.39 is 0 Å². The Hall–Kier alpha value is -1.00. The normalized spacial score (nSPS) is 22.2. The zero-order valence-electron chi connectivity index (χ0n) is 9.86. The van der Waals surface area contributed by atoms with Gasteiger partial charge in [-0.1, -0.05) is 17.8 Å². The Morgan fingerprint density at radius 1 is 1.59 bits per heavy atom. The Kier molecular flexibility index (Phi) is 4.07. The summed E-state index contributed by atoms with van der Waals surface area (Å²) in [6.45, 7) is 0.109. The maximum absolute atomic E-state index is 11.3. The van der Waals surface area contributed by atoms with E-state index in [0.29, 0.717) is 0 Å². The van der Waals surface area contributed by atoms with Gasteiger partial charge in [0.2, 0.25) is 0 Å². The molecule has 0 saturated carbocycles. The number of carbonyl (C=O) groups is 1. The highest BCUT2D eigenvalue weighted by Gasteiger charge is 2.22. The van der Waals surface area contributed by atoms with Gasteiger partial charge in [-0.2, -0.15) is 0 Å². The van der Waals surface area contributed by atoms with Crippen molar-refractivity contribution < 1.29 is 14.6 Å². The lowest BCUT2D eigenvalue weighted by Gasteiger charge is -2.25. The largest absolute Gasteiger partial charge is 0.466 e. The fourth-order valence-corrected chi connectivity index (χ4v) is 3.28. The molecule has 1 heterocycles. The third-order valence-corrected chi connectivity index (χ3v) is 4.27. The minimum Gasteiger partial charge on any atom is -0.466 e. The highest BCUT2D eigenvalue weighted by molar-refractivity contribution is 8.06. The molecule has 1 aliphatic carbocycles. The number of ether oxygens (including phenoxy) is 1. The lowest BCUT2D eigenvalue weighted by molar-refractivity contribution is -0.134. The van der Waals surface area contributed by atoms with Crippen LogP contribution in [0.25, 0.3) is 0 Å². The molecule has 0 bridgehead atoms. The summed E-state index contributed by atoms with van der Waals surface area (Å²) in [5.41, 5.74) is 2.35. The van der Waals surface area contributed by atoms with Crippen LogP contribution in [0.2, 0.25) is 0 Å². The molecule has 0 saturated heterocycles. The molecule has 1 aliphatic heterocycles. The van der Waals surface area contributed by atoms with Gasteiger partial charge >= 0.3 is 5.97 Å². The van der Waals surface area contributed by atoms with Crippen molar-refractivity contribution in [1.29, 1.82) is 0 Å². The van der Waals surface area contributed by atoms with Crippen molar-refractivity contribution in [3.63, 3.8) is 0 Å². The van der Waals surface area contributed by atoms with Crippen LogP contribution in [-0.4, -0.2) is 24.8 Å². The van der Waals surface area contributed by atoms with Crippen molar-refractivity contribution in [3.8, 4) is 0 Å². The van der Waals surface area contributed by atoms with Gasteiger partial charge in [0.15, 0.2) is 0 Å². The van der Waals surface area contributed by atoms with Crippen LogP contribution in [0.1, 0.15) is 25.7 Å². The van der Waals surface area contributed by atoms with Gasteiger partial charge in [-0.3, -0.25) is 0 Å². The van der Waals surface area contributed by atoms with Crippen LogP contribution in [0.3, 0.4) is 0 Å². The average Bonchev–Trinajstić information content (AvgIpc) is 2.38.